The van der Waals surface area contributed by atoms with Crippen LogP contribution in [0.5, 0.6) is 0 Å². The smallest absolute Gasteiger partial charge is 0.254 e. The van der Waals surface area contributed by atoms with Crippen molar-refractivity contribution in [3.63, 3.8) is 0 Å². The molecule has 1 aliphatic carbocycles. The molecular formula is C17H22N6O. The van der Waals surface area contributed by atoms with Gasteiger partial charge in [0.05, 0.1) is 12.4 Å². The minimum absolute atomic E-state index is 0.509. The highest BCUT2D eigenvalue weighted by Gasteiger charge is 2.19. The van der Waals surface area contributed by atoms with Crippen LogP contribution in [-0.4, -0.2) is 46.3 Å². The lowest BCUT2D eigenvalue weighted by Gasteiger charge is -2.27. The zero-order valence-corrected chi connectivity index (χ0v) is 14.0. The molecule has 0 atom stereocenters. The van der Waals surface area contributed by atoms with Gasteiger partial charge < -0.3 is 14.7 Å². The molecule has 0 aromatic carbocycles. The van der Waals surface area contributed by atoms with E-state index in [-0.39, 0.29) is 0 Å². The maximum atomic E-state index is 5.47. The van der Waals surface area contributed by atoms with Crippen molar-refractivity contribution in [3.8, 4) is 11.5 Å². The Morgan fingerprint density at radius 1 is 1.08 bits per heavy atom. The second kappa shape index (κ2) is 6.68. The van der Waals surface area contributed by atoms with Crippen molar-refractivity contribution in [1.82, 2.24) is 25.4 Å². The molecule has 24 heavy (non-hydrogen) atoms. The fraction of sp³-hybridized carbons (Fsp3) is 0.529. The van der Waals surface area contributed by atoms with Crippen molar-refractivity contribution >= 4 is 11.4 Å². The van der Waals surface area contributed by atoms with Crippen molar-refractivity contribution in [3.05, 3.63) is 23.9 Å². The van der Waals surface area contributed by atoms with Crippen LogP contribution in [0.1, 0.15) is 38.5 Å². The van der Waals surface area contributed by atoms with Crippen molar-refractivity contribution in [1.29, 1.82) is 0 Å². The van der Waals surface area contributed by atoms with Crippen molar-refractivity contribution < 1.29 is 4.52 Å². The summed E-state index contributed by atoms with van der Waals surface area (Å²) in [5, 5.41) is 7.42. The first-order valence-electron chi connectivity index (χ1n) is 8.62. The van der Waals surface area contributed by atoms with Crippen LogP contribution < -0.4 is 10.2 Å². The number of aromatic nitrogens is 4. The maximum absolute atomic E-state index is 5.47. The minimum atomic E-state index is 0.509. The van der Waals surface area contributed by atoms with Crippen molar-refractivity contribution in [2.24, 2.45) is 0 Å². The monoisotopic (exact) mass is 326 g/mol. The predicted octanol–water partition coefficient (Wildman–Crippen LogP) is 2.28. The normalized spacial score (nSPS) is 19.0. The van der Waals surface area contributed by atoms with Crippen LogP contribution in [0.4, 0.5) is 5.82 Å². The topological polar surface area (TPSA) is 80.0 Å². The molecule has 0 unspecified atom stereocenters. The fourth-order valence-electron chi connectivity index (χ4n) is 3.29. The van der Waals surface area contributed by atoms with E-state index < -0.39 is 0 Å². The molecule has 0 saturated carbocycles. The number of piperazine rings is 1. The quantitative estimate of drug-likeness (QED) is 0.927. The van der Waals surface area contributed by atoms with Gasteiger partial charge in [0.25, 0.3) is 5.89 Å². The summed E-state index contributed by atoms with van der Waals surface area (Å²) < 4.78 is 5.47. The van der Waals surface area contributed by atoms with Gasteiger partial charge in [0.2, 0.25) is 5.82 Å². The number of allylic oxidation sites excluding steroid dienone is 2. The molecule has 1 saturated heterocycles. The molecule has 126 valence electrons. The Bertz CT molecular complexity index is 730. The highest BCUT2D eigenvalue weighted by Crippen LogP contribution is 2.31. The number of nitrogens with one attached hydrogen (secondary N) is 1. The van der Waals surface area contributed by atoms with Crippen molar-refractivity contribution in [2.45, 2.75) is 32.6 Å². The Hall–Kier alpha value is -2.28. The molecule has 3 heterocycles. The van der Waals surface area contributed by atoms with Crippen LogP contribution >= 0.6 is 0 Å². The lowest BCUT2D eigenvalue weighted by atomic mass is 9.93. The molecule has 2 aromatic rings. The number of nitrogens with zero attached hydrogens (tertiary/aromatic N) is 5. The lowest BCUT2D eigenvalue weighted by Crippen LogP contribution is -2.43. The zero-order chi connectivity index (χ0) is 16.4. The van der Waals surface area contributed by atoms with Crippen LogP contribution in [0.25, 0.3) is 17.1 Å². The van der Waals surface area contributed by atoms with Crippen LogP contribution in [0.15, 0.2) is 22.5 Å². The van der Waals surface area contributed by atoms with Gasteiger partial charge in [-0.1, -0.05) is 10.7 Å². The summed E-state index contributed by atoms with van der Waals surface area (Å²) in [5.41, 5.74) is 3.21. The van der Waals surface area contributed by atoms with Crippen LogP contribution in [0.3, 0.4) is 0 Å². The summed E-state index contributed by atoms with van der Waals surface area (Å²) >= 11 is 0. The van der Waals surface area contributed by atoms with Gasteiger partial charge in [0.15, 0.2) is 0 Å². The van der Waals surface area contributed by atoms with Gasteiger partial charge in [-0.3, -0.25) is 0 Å². The number of hydrogen-bond donors (Lipinski definition) is 1. The standard InChI is InChI=1S/C17H22N6O/c1-12-4-2-3-5-13(12)17-21-16(22-24-17)14-10-20-15(11-19-14)23-8-6-18-7-9-23/h10-11,18H,2-9H2,1H3. The highest BCUT2D eigenvalue weighted by molar-refractivity contribution is 5.64. The SMILES string of the molecule is CC1=C(c2nc(-c3cnc(N4CCNCC4)cn3)no2)CCCC1. The molecular weight excluding hydrogens is 304 g/mol. The molecule has 0 bridgehead atoms. The average Bonchev–Trinajstić information content (AvgIpc) is 3.13. The van der Waals surface area contributed by atoms with E-state index in [9.17, 15) is 0 Å². The first kappa shape index (κ1) is 15.3. The molecule has 0 amide bonds. The fourth-order valence-corrected chi connectivity index (χ4v) is 3.29. The summed E-state index contributed by atoms with van der Waals surface area (Å²) in [4.78, 5) is 15.8. The maximum Gasteiger partial charge on any atom is 0.254 e. The first-order chi connectivity index (χ1) is 11.8. The van der Waals surface area contributed by atoms with Gasteiger partial charge in [0, 0.05) is 31.8 Å². The predicted molar refractivity (Wildman–Crippen MR) is 91.5 cm³/mol. The number of hydrogen-bond acceptors (Lipinski definition) is 7. The molecule has 4 rings (SSSR count). The Labute approximate surface area is 141 Å². The van der Waals surface area contributed by atoms with Crippen molar-refractivity contribution in [2.75, 3.05) is 31.1 Å². The van der Waals surface area contributed by atoms with E-state index in [4.69, 9.17) is 4.52 Å². The van der Waals surface area contributed by atoms with Gasteiger partial charge in [-0.15, -0.1) is 0 Å². The molecule has 1 N–H and O–H groups in total. The molecule has 1 fully saturated rings. The summed E-state index contributed by atoms with van der Waals surface area (Å²) in [6.07, 6.45) is 8.09. The summed E-state index contributed by atoms with van der Waals surface area (Å²) in [5.74, 6) is 2.04. The second-order valence-electron chi connectivity index (χ2n) is 6.39. The molecule has 2 aliphatic rings. The number of rotatable bonds is 3. The van der Waals surface area contributed by atoms with Gasteiger partial charge in [0.1, 0.15) is 11.5 Å². The molecule has 1 aliphatic heterocycles. The zero-order valence-electron chi connectivity index (χ0n) is 14.0. The Morgan fingerprint density at radius 2 is 1.92 bits per heavy atom. The van der Waals surface area contributed by atoms with E-state index in [1.165, 1.54) is 24.0 Å². The third kappa shape index (κ3) is 3.03. The van der Waals surface area contributed by atoms with Gasteiger partial charge in [-0.2, -0.15) is 4.98 Å². The highest BCUT2D eigenvalue weighted by atomic mass is 16.5. The molecule has 7 nitrogen and oxygen atoms in total. The minimum Gasteiger partial charge on any atom is -0.353 e. The van der Waals surface area contributed by atoms with E-state index in [1.54, 1.807) is 12.4 Å². The second-order valence-corrected chi connectivity index (χ2v) is 6.39. The summed E-state index contributed by atoms with van der Waals surface area (Å²) in [6, 6.07) is 0. The van der Waals surface area contributed by atoms with Gasteiger partial charge in [-0.25, -0.2) is 9.97 Å². The van der Waals surface area contributed by atoms with Crippen LogP contribution in [0, 0.1) is 0 Å². The van der Waals surface area contributed by atoms with E-state index in [0.29, 0.717) is 17.4 Å². The van der Waals surface area contributed by atoms with E-state index >= 15 is 0 Å². The van der Waals surface area contributed by atoms with Gasteiger partial charge >= 0.3 is 0 Å². The van der Waals surface area contributed by atoms with E-state index in [2.05, 4.69) is 37.2 Å². The third-order valence-electron chi connectivity index (χ3n) is 4.74. The molecule has 0 spiro atoms. The van der Waals surface area contributed by atoms with Gasteiger partial charge in [-0.05, 0) is 32.6 Å². The average molecular weight is 326 g/mol. The van der Waals surface area contributed by atoms with Crippen LogP contribution in [0.2, 0.25) is 0 Å². The Kier molecular flexibility index (Phi) is 4.25. The van der Waals surface area contributed by atoms with Crippen LogP contribution in [-0.2, 0) is 0 Å². The summed E-state index contributed by atoms with van der Waals surface area (Å²) in [6.45, 7) is 6.01. The third-order valence-corrected chi connectivity index (χ3v) is 4.74. The van der Waals surface area contributed by atoms with E-state index in [1.807, 2.05) is 0 Å². The summed E-state index contributed by atoms with van der Waals surface area (Å²) in [7, 11) is 0. The van der Waals surface area contributed by atoms with E-state index in [0.717, 1.165) is 44.8 Å². The molecule has 0 radical (unpaired) electrons. The first-order valence-corrected chi connectivity index (χ1v) is 8.62. The number of anilines is 1. The lowest BCUT2D eigenvalue weighted by molar-refractivity contribution is 0.404. The largest absolute Gasteiger partial charge is 0.353 e. The Balaban J connectivity index is 1.54. The molecule has 7 heteroatoms. The Morgan fingerprint density at radius 3 is 2.67 bits per heavy atom. The molecule has 2 aromatic heterocycles.